The van der Waals surface area contributed by atoms with Gasteiger partial charge >= 0.3 is 11.9 Å². The SMILES string of the molecule is [C-]#[N+]CC(O)CC#N.[C-]#[N+]C[C@@H](O)CC(=O)O.[C-]#[N+]C[C@H](O)CC(=O)O. The van der Waals surface area contributed by atoms with Crippen LogP contribution in [0.4, 0.5) is 0 Å². The first kappa shape index (κ1) is 27.6. The number of nitrogens with zero attached hydrogens (tertiary/aromatic N) is 4. The van der Waals surface area contributed by atoms with E-state index in [2.05, 4.69) is 14.5 Å². The second-order valence-corrected chi connectivity index (χ2v) is 4.54. The Hall–Kier alpha value is -3.22. The fraction of sp³-hybridized carbons (Fsp3) is 0.600. The second kappa shape index (κ2) is 19.8. The van der Waals surface area contributed by atoms with Crippen molar-refractivity contribution in [2.24, 2.45) is 0 Å². The molecule has 0 radical (unpaired) electrons. The second-order valence-electron chi connectivity index (χ2n) is 4.54. The van der Waals surface area contributed by atoms with Crippen molar-refractivity contribution in [2.75, 3.05) is 19.6 Å². The van der Waals surface area contributed by atoms with Crippen molar-refractivity contribution in [1.29, 1.82) is 5.26 Å². The first-order valence-electron chi connectivity index (χ1n) is 6.98. The summed E-state index contributed by atoms with van der Waals surface area (Å²) in [4.78, 5) is 28.2. The van der Waals surface area contributed by atoms with Crippen molar-refractivity contribution < 1.29 is 35.1 Å². The lowest BCUT2D eigenvalue weighted by molar-refractivity contribution is -0.140. The van der Waals surface area contributed by atoms with Crippen molar-refractivity contribution in [2.45, 2.75) is 37.6 Å². The van der Waals surface area contributed by atoms with E-state index in [0.29, 0.717) is 0 Å². The summed E-state index contributed by atoms with van der Waals surface area (Å²) >= 11 is 0. The monoisotopic (exact) mass is 368 g/mol. The molecule has 3 atom stereocenters. The molecule has 0 aromatic heterocycles. The largest absolute Gasteiger partial charge is 0.481 e. The predicted octanol–water partition coefficient (Wildman–Crippen LogP) is -0.337. The van der Waals surface area contributed by atoms with E-state index in [0.717, 1.165) is 0 Å². The van der Waals surface area contributed by atoms with Gasteiger partial charge in [-0.25, -0.2) is 19.7 Å². The highest BCUT2D eigenvalue weighted by molar-refractivity contribution is 5.67. The van der Waals surface area contributed by atoms with Crippen LogP contribution in [0.2, 0.25) is 0 Å². The number of hydrogen-bond donors (Lipinski definition) is 5. The standard InChI is InChI=1S/C5H6N2O.2C5H7NO3/c1-7-4-5(8)2-3-6;2*1-6-3-4(7)2-5(8)9/h5,8H,2,4H2;2*4,7H,2-3H2,(H,8,9)/t;2*4-/m.10/s1. The normalized spacial score (nSPS) is 11.8. The summed E-state index contributed by atoms with van der Waals surface area (Å²) in [5, 5.41) is 49.9. The Kier molecular flexibility index (Phi) is 21.1. The topological polar surface area (TPSA) is 172 Å². The molecule has 5 N–H and O–H groups in total. The number of nitriles is 1. The molecule has 0 aliphatic rings. The number of carbonyl (C=O) groups is 2. The summed E-state index contributed by atoms with van der Waals surface area (Å²) in [6.45, 7) is 18.5. The van der Waals surface area contributed by atoms with Crippen LogP contribution >= 0.6 is 0 Å². The summed E-state index contributed by atoms with van der Waals surface area (Å²) in [5.41, 5.74) is 0. The van der Waals surface area contributed by atoms with Gasteiger partial charge in [0.25, 0.3) is 0 Å². The van der Waals surface area contributed by atoms with Crippen LogP contribution < -0.4 is 0 Å². The molecule has 0 aromatic rings. The Morgan fingerprint density at radius 1 is 0.808 bits per heavy atom. The molecule has 0 bridgehead atoms. The lowest BCUT2D eigenvalue weighted by Crippen LogP contribution is -2.14. The third kappa shape index (κ3) is 28.9. The highest BCUT2D eigenvalue weighted by atomic mass is 16.4. The summed E-state index contributed by atoms with van der Waals surface area (Å²) in [6.07, 6.45) is -3.41. The zero-order valence-corrected chi connectivity index (χ0v) is 13.8. The molecule has 0 fully saturated rings. The van der Waals surface area contributed by atoms with Gasteiger partial charge in [-0.15, -0.1) is 0 Å². The van der Waals surface area contributed by atoms with E-state index in [-0.39, 0.29) is 38.9 Å². The van der Waals surface area contributed by atoms with Crippen LogP contribution in [0.15, 0.2) is 0 Å². The number of hydrogen-bond acceptors (Lipinski definition) is 6. The van der Waals surface area contributed by atoms with Gasteiger partial charge in [-0.2, -0.15) is 5.26 Å². The van der Waals surface area contributed by atoms with E-state index in [4.69, 9.17) is 50.5 Å². The fourth-order valence-corrected chi connectivity index (χ4v) is 1.02. The molecule has 0 aliphatic carbocycles. The molecule has 0 saturated carbocycles. The minimum absolute atomic E-state index is 0.0353. The minimum atomic E-state index is -1.08. The lowest BCUT2D eigenvalue weighted by atomic mass is 10.3. The van der Waals surface area contributed by atoms with Crippen LogP contribution in [-0.4, -0.2) is 75.4 Å². The quantitative estimate of drug-likeness (QED) is 0.362. The summed E-state index contributed by atoms with van der Waals surface area (Å²) in [7, 11) is 0. The first-order valence-corrected chi connectivity index (χ1v) is 6.98. The molecule has 26 heavy (non-hydrogen) atoms. The molecule has 1 unspecified atom stereocenters. The maximum atomic E-state index is 9.82. The fourth-order valence-electron chi connectivity index (χ4n) is 1.02. The van der Waals surface area contributed by atoms with E-state index < -0.39 is 30.3 Å². The number of carboxylic acid groups (broad SMARTS) is 2. The Balaban J connectivity index is -0.000000306. The minimum Gasteiger partial charge on any atom is -0.481 e. The molecule has 0 amide bonds. The van der Waals surface area contributed by atoms with Crippen LogP contribution in [-0.2, 0) is 9.59 Å². The van der Waals surface area contributed by atoms with Crippen LogP contribution in [0.25, 0.3) is 14.5 Å². The molecule has 0 aliphatic heterocycles. The summed E-state index contributed by atoms with van der Waals surface area (Å²) in [6, 6.07) is 1.76. The molecular weight excluding hydrogens is 348 g/mol. The van der Waals surface area contributed by atoms with Crippen LogP contribution in [0, 0.1) is 31.0 Å². The van der Waals surface area contributed by atoms with Gasteiger partial charge in [-0.05, 0) is 0 Å². The van der Waals surface area contributed by atoms with E-state index in [1.807, 2.05) is 0 Å². The highest BCUT2D eigenvalue weighted by Gasteiger charge is 2.11. The van der Waals surface area contributed by atoms with E-state index >= 15 is 0 Å². The zero-order chi connectivity index (χ0) is 21.0. The molecule has 0 spiro atoms. The van der Waals surface area contributed by atoms with Gasteiger partial charge in [-0.3, -0.25) is 9.59 Å². The number of aliphatic hydroxyl groups excluding tert-OH is 3. The van der Waals surface area contributed by atoms with Gasteiger partial charge in [0, 0.05) is 0 Å². The molecular formula is C15H20N4O7. The molecule has 11 nitrogen and oxygen atoms in total. The van der Waals surface area contributed by atoms with Crippen molar-refractivity contribution in [1.82, 2.24) is 0 Å². The van der Waals surface area contributed by atoms with Gasteiger partial charge in [0.2, 0.25) is 19.6 Å². The van der Waals surface area contributed by atoms with Crippen molar-refractivity contribution in [3.63, 3.8) is 0 Å². The molecule has 11 heteroatoms. The number of aliphatic hydroxyl groups is 3. The number of rotatable bonds is 8. The maximum absolute atomic E-state index is 9.82. The molecule has 0 saturated heterocycles. The Morgan fingerprint density at radius 2 is 1.12 bits per heavy atom. The summed E-state index contributed by atoms with van der Waals surface area (Å²) < 4.78 is 0. The van der Waals surface area contributed by atoms with E-state index in [1.165, 1.54) is 0 Å². The molecule has 0 rings (SSSR count). The van der Waals surface area contributed by atoms with Gasteiger partial charge < -0.3 is 40.1 Å². The average molecular weight is 368 g/mol. The van der Waals surface area contributed by atoms with Crippen LogP contribution in [0.1, 0.15) is 19.3 Å². The summed E-state index contributed by atoms with van der Waals surface area (Å²) in [5.74, 6) is -2.16. The third-order valence-electron chi connectivity index (χ3n) is 2.05. The third-order valence-corrected chi connectivity index (χ3v) is 2.05. The van der Waals surface area contributed by atoms with E-state index in [1.54, 1.807) is 6.07 Å². The van der Waals surface area contributed by atoms with Gasteiger partial charge in [0.15, 0.2) is 0 Å². The zero-order valence-electron chi connectivity index (χ0n) is 13.8. The number of carboxylic acids is 2. The van der Waals surface area contributed by atoms with Gasteiger partial charge in [0.05, 0.1) is 25.3 Å². The Morgan fingerprint density at radius 3 is 1.35 bits per heavy atom. The molecule has 142 valence electrons. The smallest absolute Gasteiger partial charge is 0.306 e. The van der Waals surface area contributed by atoms with Crippen molar-refractivity contribution in [3.8, 4) is 6.07 Å². The van der Waals surface area contributed by atoms with Gasteiger partial charge in [-0.1, -0.05) is 0 Å². The van der Waals surface area contributed by atoms with Crippen molar-refractivity contribution in [3.05, 3.63) is 34.3 Å². The van der Waals surface area contributed by atoms with Gasteiger partial charge in [0.1, 0.15) is 18.3 Å². The number of aliphatic carboxylic acids is 2. The van der Waals surface area contributed by atoms with Crippen LogP contribution in [0.3, 0.4) is 0 Å². The first-order chi connectivity index (χ1) is 12.1. The predicted molar refractivity (Wildman–Crippen MR) is 87.2 cm³/mol. The van der Waals surface area contributed by atoms with E-state index in [9.17, 15) is 9.59 Å². The van der Waals surface area contributed by atoms with Crippen LogP contribution in [0.5, 0.6) is 0 Å². The Labute approximate surface area is 150 Å². The maximum Gasteiger partial charge on any atom is 0.306 e. The van der Waals surface area contributed by atoms with Crippen molar-refractivity contribution >= 4 is 11.9 Å². The highest BCUT2D eigenvalue weighted by Crippen LogP contribution is 1.91. The Bertz CT molecular complexity index is 519. The lowest BCUT2D eigenvalue weighted by Gasteiger charge is -1.96. The average Bonchev–Trinajstić information content (AvgIpc) is 2.48. The molecule has 0 aromatic carbocycles. The molecule has 0 heterocycles.